The highest BCUT2D eigenvalue weighted by Crippen LogP contribution is 2.37. The van der Waals surface area contributed by atoms with Gasteiger partial charge in [0, 0.05) is 29.4 Å². The number of nitrogens with one attached hydrogen (secondary N) is 1. The number of primary amides is 1. The van der Waals surface area contributed by atoms with E-state index in [9.17, 15) is 9.90 Å². The average molecular weight is 286 g/mol. The summed E-state index contributed by atoms with van der Waals surface area (Å²) in [6.45, 7) is 0.539. The Morgan fingerprint density at radius 2 is 2.00 bits per heavy atom. The number of ether oxygens (including phenoxy) is 2. The number of amides is 1. The molecule has 6 heteroatoms. The van der Waals surface area contributed by atoms with Crippen LogP contribution in [-0.2, 0) is 6.54 Å². The number of hydrogen-bond acceptors (Lipinski definition) is 5. The predicted molar refractivity (Wildman–Crippen MR) is 76.5 cm³/mol. The average Bonchev–Trinajstić information content (AvgIpc) is 2.92. The summed E-state index contributed by atoms with van der Waals surface area (Å²) in [5.41, 5.74) is 7.07. The van der Waals surface area contributed by atoms with Crippen molar-refractivity contribution in [3.05, 3.63) is 47.5 Å². The van der Waals surface area contributed by atoms with Crippen molar-refractivity contribution in [3.8, 4) is 17.2 Å². The highest BCUT2D eigenvalue weighted by atomic mass is 16.7. The lowest BCUT2D eigenvalue weighted by Crippen LogP contribution is -2.11. The third kappa shape index (κ3) is 2.69. The van der Waals surface area contributed by atoms with Crippen LogP contribution in [0.4, 0.5) is 5.69 Å². The minimum absolute atomic E-state index is 0.123. The molecule has 0 atom stereocenters. The molecule has 1 aliphatic heterocycles. The summed E-state index contributed by atoms with van der Waals surface area (Å²) >= 11 is 0. The van der Waals surface area contributed by atoms with Crippen LogP contribution < -0.4 is 20.5 Å². The molecule has 0 saturated carbocycles. The van der Waals surface area contributed by atoms with E-state index in [2.05, 4.69) is 5.32 Å². The largest absolute Gasteiger partial charge is 0.507 e. The van der Waals surface area contributed by atoms with Crippen LogP contribution in [0.15, 0.2) is 36.4 Å². The zero-order chi connectivity index (χ0) is 14.8. The van der Waals surface area contributed by atoms with Crippen LogP contribution >= 0.6 is 0 Å². The topological polar surface area (TPSA) is 93.8 Å². The van der Waals surface area contributed by atoms with Gasteiger partial charge in [0.05, 0.1) is 0 Å². The zero-order valence-corrected chi connectivity index (χ0v) is 11.1. The van der Waals surface area contributed by atoms with Gasteiger partial charge in [-0.1, -0.05) is 6.07 Å². The normalized spacial score (nSPS) is 12.2. The van der Waals surface area contributed by atoms with E-state index in [-0.39, 0.29) is 12.5 Å². The Labute approximate surface area is 121 Å². The van der Waals surface area contributed by atoms with Crippen molar-refractivity contribution in [2.75, 3.05) is 12.1 Å². The first-order valence-electron chi connectivity index (χ1n) is 6.39. The zero-order valence-electron chi connectivity index (χ0n) is 11.1. The van der Waals surface area contributed by atoms with Gasteiger partial charge >= 0.3 is 0 Å². The number of benzene rings is 2. The lowest BCUT2D eigenvalue weighted by molar-refractivity contribution is 0.100. The van der Waals surface area contributed by atoms with Crippen LogP contribution in [0.25, 0.3) is 0 Å². The Morgan fingerprint density at radius 1 is 1.24 bits per heavy atom. The molecule has 6 nitrogen and oxygen atoms in total. The van der Waals surface area contributed by atoms with Gasteiger partial charge in [0.1, 0.15) is 5.75 Å². The third-order valence-electron chi connectivity index (χ3n) is 3.20. The molecule has 0 spiro atoms. The fourth-order valence-electron chi connectivity index (χ4n) is 2.09. The second kappa shape index (κ2) is 5.24. The Bertz CT molecular complexity index is 700. The van der Waals surface area contributed by atoms with Gasteiger partial charge in [-0.2, -0.15) is 0 Å². The van der Waals surface area contributed by atoms with E-state index in [1.807, 2.05) is 6.07 Å². The van der Waals surface area contributed by atoms with Crippen LogP contribution in [0.1, 0.15) is 15.9 Å². The van der Waals surface area contributed by atoms with E-state index in [0.29, 0.717) is 29.2 Å². The van der Waals surface area contributed by atoms with Crippen LogP contribution in [0.5, 0.6) is 17.2 Å². The van der Waals surface area contributed by atoms with Crippen molar-refractivity contribution in [3.63, 3.8) is 0 Å². The third-order valence-corrected chi connectivity index (χ3v) is 3.20. The molecule has 21 heavy (non-hydrogen) atoms. The number of rotatable bonds is 4. The van der Waals surface area contributed by atoms with E-state index in [0.717, 1.165) is 5.69 Å². The van der Waals surface area contributed by atoms with Crippen molar-refractivity contribution in [2.24, 2.45) is 5.73 Å². The maximum atomic E-state index is 11.1. The molecule has 108 valence electrons. The molecule has 1 heterocycles. The van der Waals surface area contributed by atoms with E-state index in [4.69, 9.17) is 15.2 Å². The molecule has 0 fully saturated rings. The van der Waals surface area contributed by atoms with E-state index in [1.165, 1.54) is 6.07 Å². The molecule has 0 bridgehead atoms. The maximum Gasteiger partial charge on any atom is 0.248 e. The summed E-state index contributed by atoms with van der Waals surface area (Å²) in [6, 6.07) is 10.1. The first-order valence-corrected chi connectivity index (χ1v) is 6.39. The number of aromatic hydroxyl groups is 1. The number of carbonyl (C=O) groups excluding carboxylic acids is 1. The molecule has 0 unspecified atom stereocenters. The number of fused-ring (bicyclic) bond motifs is 1. The number of nitrogens with two attached hydrogens (primary N) is 1. The van der Waals surface area contributed by atoms with Gasteiger partial charge in [0.2, 0.25) is 12.7 Å². The molecule has 4 N–H and O–H groups in total. The molecular formula is C15H14N2O4. The van der Waals surface area contributed by atoms with Gasteiger partial charge < -0.3 is 25.6 Å². The van der Waals surface area contributed by atoms with E-state index >= 15 is 0 Å². The smallest absolute Gasteiger partial charge is 0.248 e. The fourth-order valence-corrected chi connectivity index (χ4v) is 2.09. The van der Waals surface area contributed by atoms with Gasteiger partial charge in [0.15, 0.2) is 11.5 Å². The SMILES string of the molecule is NC(=O)c1cccc(NCc2cc3c(cc2O)OCO3)c1. The van der Waals surface area contributed by atoms with Crippen molar-refractivity contribution in [1.82, 2.24) is 0 Å². The van der Waals surface area contributed by atoms with Crippen LogP contribution in [0, 0.1) is 0 Å². The van der Waals surface area contributed by atoms with Gasteiger partial charge in [-0.25, -0.2) is 0 Å². The summed E-state index contributed by atoms with van der Waals surface area (Å²) in [5, 5.41) is 13.1. The fraction of sp³-hybridized carbons (Fsp3) is 0.133. The second-order valence-corrected chi connectivity index (χ2v) is 4.63. The van der Waals surface area contributed by atoms with E-state index < -0.39 is 5.91 Å². The minimum Gasteiger partial charge on any atom is -0.507 e. The molecule has 0 aromatic heterocycles. The molecule has 0 saturated heterocycles. The number of phenols is 1. The predicted octanol–water partition coefficient (Wildman–Crippen LogP) is 1.83. The molecule has 2 aromatic rings. The monoisotopic (exact) mass is 286 g/mol. The van der Waals surface area contributed by atoms with Crippen molar-refractivity contribution in [2.45, 2.75) is 6.54 Å². The molecule has 1 amide bonds. The summed E-state index contributed by atoms with van der Waals surface area (Å²) in [7, 11) is 0. The minimum atomic E-state index is -0.482. The molecule has 0 aliphatic carbocycles. The number of hydrogen-bond donors (Lipinski definition) is 3. The summed E-state index contributed by atoms with van der Waals surface area (Å²) in [5.74, 6) is 0.782. The maximum absolute atomic E-state index is 11.1. The van der Waals surface area contributed by atoms with Crippen molar-refractivity contribution < 1.29 is 19.4 Å². The Hall–Kier alpha value is -2.89. The van der Waals surface area contributed by atoms with Gasteiger partial charge in [-0.05, 0) is 24.3 Å². The van der Waals surface area contributed by atoms with Gasteiger partial charge in [-0.15, -0.1) is 0 Å². The highest BCUT2D eigenvalue weighted by molar-refractivity contribution is 5.93. The number of carbonyl (C=O) groups is 1. The Kier molecular flexibility index (Phi) is 3.27. The summed E-state index contributed by atoms with van der Waals surface area (Å²) in [4.78, 5) is 11.1. The lowest BCUT2D eigenvalue weighted by atomic mass is 10.1. The van der Waals surface area contributed by atoms with Crippen LogP contribution in [-0.4, -0.2) is 17.8 Å². The van der Waals surface area contributed by atoms with Gasteiger partial charge in [0.25, 0.3) is 0 Å². The van der Waals surface area contributed by atoms with Crippen LogP contribution in [0.2, 0.25) is 0 Å². The molecule has 3 rings (SSSR count). The summed E-state index contributed by atoms with van der Waals surface area (Å²) in [6.07, 6.45) is 0. The van der Waals surface area contributed by atoms with Crippen molar-refractivity contribution >= 4 is 11.6 Å². The first-order chi connectivity index (χ1) is 10.1. The van der Waals surface area contributed by atoms with Crippen LogP contribution in [0.3, 0.4) is 0 Å². The molecular weight excluding hydrogens is 272 g/mol. The second-order valence-electron chi connectivity index (χ2n) is 4.63. The quantitative estimate of drug-likeness (QED) is 0.797. The van der Waals surface area contributed by atoms with E-state index in [1.54, 1.807) is 24.3 Å². The molecule has 1 aliphatic rings. The summed E-state index contributed by atoms with van der Waals surface area (Å²) < 4.78 is 10.5. The standard InChI is InChI=1S/C15H14N2O4/c16-15(19)9-2-1-3-11(4-9)17-7-10-5-13-14(6-12(10)18)21-8-20-13/h1-6,17-18H,7-8H2,(H2,16,19). The first kappa shape index (κ1) is 13.1. The van der Waals surface area contributed by atoms with Gasteiger partial charge in [-0.3, -0.25) is 4.79 Å². The van der Waals surface area contributed by atoms with Crippen molar-refractivity contribution in [1.29, 1.82) is 0 Å². The molecule has 2 aromatic carbocycles. The number of anilines is 1. The number of phenolic OH excluding ortho intramolecular Hbond substituents is 1. The lowest BCUT2D eigenvalue weighted by Gasteiger charge is -2.10. The molecule has 0 radical (unpaired) electrons. The Balaban J connectivity index is 1.76. The Morgan fingerprint density at radius 3 is 2.76 bits per heavy atom. The highest BCUT2D eigenvalue weighted by Gasteiger charge is 2.16.